The van der Waals surface area contributed by atoms with Gasteiger partial charge in [0.1, 0.15) is 35.7 Å². The summed E-state index contributed by atoms with van der Waals surface area (Å²) < 4.78 is 38.5. The average molecular weight is 447 g/mol. The van der Waals surface area contributed by atoms with E-state index in [4.69, 9.17) is 26.2 Å². The number of nitrogens with one attached hydrogen (secondary N) is 1. The van der Waals surface area contributed by atoms with Crippen LogP contribution >= 0.6 is 11.6 Å². The summed E-state index contributed by atoms with van der Waals surface area (Å²) in [6.45, 7) is -0.685. The molecule has 6 nitrogen and oxygen atoms in total. The van der Waals surface area contributed by atoms with E-state index in [0.717, 1.165) is 6.07 Å². The monoisotopic (exact) mass is 446 g/mol. The minimum absolute atomic E-state index is 0.173. The van der Waals surface area contributed by atoms with Gasteiger partial charge in [0, 0.05) is 23.8 Å². The lowest BCUT2D eigenvalue weighted by molar-refractivity contribution is 0.0540. The molecule has 9 heteroatoms. The van der Waals surface area contributed by atoms with Crippen LogP contribution in [-0.2, 0) is 0 Å². The Hall–Kier alpha value is -3.20. The molecule has 4 rings (SSSR count). The van der Waals surface area contributed by atoms with Crippen molar-refractivity contribution in [1.82, 2.24) is 10.2 Å². The molecule has 0 unspecified atom stereocenters. The highest BCUT2D eigenvalue weighted by atomic mass is 35.5. The zero-order valence-corrected chi connectivity index (χ0v) is 16.7. The molecule has 0 spiro atoms. The Morgan fingerprint density at radius 3 is 2.61 bits per heavy atom. The molecular weight excluding hydrogens is 430 g/mol. The number of aromatic amines is 1. The van der Waals surface area contributed by atoms with Gasteiger partial charge in [0.05, 0.1) is 22.5 Å². The highest BCUT2D eigenvalue weighted by Crippen LogP contribution is 2.40. The number of halogens is 3. The summed E-state index contributed by atoms with van der Waals surface area (Å²) in [5.74, 6) is -1.29. The molecule has 0 aliphatic rings. The SMILES string of the molecule is OC[C@H](O)COc1cc(Oc2ccc(F)cc2F)cc2[nH]nc(-c3ccccc3Cl)c12. The molecule has 160 valence electrons. The van der Waals surface area contributed by atoms with Crippen molar-refractivity contribution in [2.45, 2.75) is 6.10 Å². The first-order valence-corrected chi connectivity index (χ1v) is 9.65. The van der Waals surface area contributed by atoms with Crippen molar-refractivity contribution in [3.63, 3.8) is 0 Å². The van der Waals surface area contributed by atoms with Crippen molar-refractivity contribution in [3.05, 3.63) is 71.3 Å². The molecule has 3 N–H and O–H groups in total. The zero-order chi connectivity index (χ0) is 22.0. The lowest BCUT2D eigenvalue weighted by atomic mass is 10.1. The van der Waals surface area contributed by atoms with Crippen LogP contribution in [0.4, 0.5) is 8.78 Å². The van der Waals surface area contributed by atoms with Crippen LogP contribution < -0.4 is 9.47 Å². The number of aromatic nitrogens is 2. The number of nitrogens with zero attached hydrogens (tertiary/aromatic N) is 1. The van der Waals surface area contributed by atoms with Crippen LogP contribution in [0.3, 0.4) is 0 Å². The molecule has 1 atom stereocenters. The largest absolute Gasteiger partial charge is 0.490 e. The Morgan fingerprint density at radius 2 is 1.87 bits per heavy atom. The standard InChI is InChI=1S/C22H17ClF2N2O4/c23-16-4-2-1-3-15(16)22-21-18(26-27-22)8-14(9-20(21)30-11-13(29)10-28)31-19-6-5-12(24)7-17(19)25/h1-9,13,28-29H,10-11H2,(H,26,27)/t13-/m0/s1. The summed E-state index contributed by atoms with van der Waals surface area (Å²) in [6, 6.07) is 13.2. The van der Waals surface area contributed by atoms with Gasteiger partial charge in [-0.3, -0.25) is 5.10 Å². The van der Waals surface area contributed by atoms with Crippen molar-refractivity contribution in [3.8, 4) is 28.5 Å². The zero-order valence-electron chi connectivity index (χ0n) is 16.0. The second-order valence-corrected chi connectivity index (χ2v) is 7.13. The first-order valence-electron chi connectivity index (χ1n) is 9.28. The van der Waals surface area contributed by atoms with Gasteiger partial charge in [0.15, 0.2) is 11.6 Å². The number of H-pyrrole nitrogens is 1. The van der Waals surface area contributed by atoms with Gasteiger partial charge in [-0.15, -0.1) is 0 Å². The maximum atomic E-state index is 14.0. The molecular formula is C22H17ClF2N2O4. The van der Waals surface area contributed by atoms with E-state index in [1.807, 2.05) is 6.07 Å². The molecule has 1 aromatic heterocycles. The van der Waals surface area contributed by atoms with E-state index in [0.29, 0.717) is 33.2 Å². The van der Waals surface area contributed by atoms with Crippen molar-refractivity contribution in [2.75, 3.05) is 13.2 Å². The second kappa shape index (κ2) is 8.89. The summed E-state index contributed by atoms with van der Waals surface area (Å²) in [4.78, 5) is 0. The van der Waals surface area contributed by atoms with Gasteiger partial charge in [0.2, 0.25) is 0 Å². The topological polar surface area (TPSA) is 87.6 Å². The van der Waals surface area contributed by atoms with Crippen LogP contribution in [0.25, 0.3) is 22.2 Å². The fourth-order valence-corrected chi connectivity index (χ4v) is 3.26. The van der Waals surface area contributed by atoms with Crippen LogP contribution in [-0.4, -0.2) is 39.7 Å². The number of aliphatic hydroxyl groups is 2. The third kappa shape index (κ3) is 4.46. The maximum Gasteiger partial charge on any atom is 0.168 e. The summed E-state index contributed by atoms with van der Waals surface area (Å²) in [6.07, 6.45) is -1.11. The lowest BCUT2D eigenvalue weighted by Gasteiger charge is -2.14. The Labute approximate surface area is 180 Å². The summed E-state index contributed by atoms with van der Waals surface area (Å²) in [5.41, 5.74) is 1.67. The molecule has 0 fully saturated rings. The van der Waals surface area contributed by atoms with Crippen LogP contribution in [0.2, 0.25) is 5.02 Å². The number of hydrogen-bond donors (Lipinski definition) is 3. The van der Waals surface area contributed by atoms with E-state index in [9.17, 15) is 13.9 Å². The van der Waals surface area contributed by atoms with Gasteiger partial charge in [-0.05, 0) is 18.2 Å². The number of fused-ring (bicyclic) bond motifs is 1. The Kier molecular flexibility index (Phi) is 6.03. The molecule has 31 heavy (non-hydrogen) atoms. The molecule has 0 radical (unpaired) electrons. The second-order valence-electron chi connectivity index (χ2n) is 6.72. The fraction of sp³-hybridized carbons (Fsp3) is 0.136. The summed E-state index contributed by atoms with van der Waals surface area (Å²) >= 11 is 6.32. The molecule has 0 bridgehead atoms. The highest BCUT2D eigenvalue weighted by molar-refractivity contribution is 6.33. The normalized spacial score (nSPS) is 12.2. The number of benzene rings is 3. The van der Waals surface area contributed by atoms with Crippen molar-refractivity contribution in [1.29, 1.82) is 0 Å². The first-order chi connectivity index (χ1) is 15.0. The van der Waals surface area contributed by atoms with E-state index in [2.05, 4.69) is 10.2 Å². The Balaban J connectivity index is 1.80. The van der Waals surface area contributed by atoms with E-state index in [1.165, 1.54) is 12.1 Å². The predicted molar refractivity (Wildman–Crippen MR) is 112 cm³/mol. The van der Waals surface area contributed by atoms with Crippen LogP contribution in [0.1, 0.15) is 0 Å². The quantitative estimate of drug-likeness (QED) is 0.383. The van der Waals surface area contributed by atoms with Gasteiger partial charge >= 0.3 is 0 Å². The minimum atomic E-state index is -1.11. The van der Waals surface area contributed by atoms with Crippen LogP contribution in [0.5, 0.6) is 17.2 Å². The van der Waals surface area contributed by atoms with E-state index >= 15 is 0 Å². The maximum absolute atomic E-state index is 14.0. The smallest absolute Gasteiger partial charge is 0.168 e. The molecule has 4 aromatic rings. The lowest BCUT2D eigenvalue weighted by Crippen LogP contribution is -2.21. The number of aliphatic hydroxyl groups excluding tert-OH is 2. The number of rotatable bonds is 7. The van der Waals surface area contributed by atoms with E-state index < -0.39 is 24.3 Å². The fourth-order valence-electron chi connectivity index (χ4n) is 3.04. The molecule has 1 heterocycles. The molecule has 0 saturated carbocycles. The van der Waals surface area contributed by atoms with Gasteiger partial charge in [-0.25, -0.2) is 8.78 Å². The van der Waals surface area contributed by atoms with Crippen LogP contribution in [0.15, 0.2) is 54.6 Å². The highest BCUT2D eigenvalue weighted by Gasteiger charge is 2.19. The van der Waals surface area contributed by atoms with Crippen molar-refractivity contribution < 1.29 is 28.5 Å². The molecule has 0 aliphatic heterocycles. The van der Waals surface area contributed by atoms with Gasteiger partial charge in [-0.1, -0.05) is 29.8 Å². The van der Waals surface area contributed by atoms with Crippen molar-refractivity contribution >= 4 is 22.5 Å². The van der Waals surface area contributed by atoms with Crippen molar-refractivity contribution in [2.24, 2.45) is 0 Å². The number of hydrogen-bond acceptors (Lipinski definition) is 5. The van der Waals surface area contributed by atoms with Crippen LogP contribution in [0, 0.1) is 11.6 Å². The molecule has 3 aromatic carbocycles. The summed E-state index contributed by atoms with van der Waals surface area (Å²) in [7, 11) is 0. The molecule has 0 aliphatic carbocycles. The predicted octanol–water partition coefficient (Wildman–Crippen LogP) is 4.69. The number of ether oxygens (including phenoxy) is 2. The average Bonchev–Trinajstić information content (AvgIpc) is 3.18. The summed E-state index contributed by atoms with van der Waals surface area (Å²) in [5, 5.41) is 27.0. The van der Waals surface area contributed by atoms with Gasteiger partial charge < -0.3 is 19.7 Å². The van der Waals surface area contributed by atoms with E-state index in [1.54, 1.807) is 24.3 Å². The van der Waals surface area contributed by atoms with Gasteiger partial charge in [0.25, 0.3) is 0 Å². The minimum Gasteiger partial charge on any atom is -0.490 e. The first kappa shape index (κ1) is 21.0. The molecule has 0 saturated heterocycles. The Morgan fingerprint density at radius 1 is 1.06 bits per heavy atom. The Bertz CT molecular complexity index is 1230. The third-order valence-electron chi connectivity index (χ3n) is 4.49. The van der Waals surface area contributed by atoms with E-state index in [-0.39, 0.29) is 23.9 Å². The third-order valence-corrected chi connectivity index (χ3v) is 4.82. The molecule has 0 amide bonds. The van der Waals surface area contributed by atoms with Gasteiger partial charge in [-0.2, -0.15) is 5.10 Å².